The van der Waals surface area contributed by atoms with Crippen molar-refractivity contribution < 1.29 is 0 Å². The highest BCUT2D eigenvalue weighted by atomic mass is 15.3. The molecule has 3 heteroatoms. The molecule has 80 valence electrons. The van der Waals surface area contributed by atoms with Gasteiger partial charge in [0, 0.05) is 18.6 Å². The Morgan fingerprint density at radius 1 is 1.33 bits per heavy atom. The van der Waals surface area contributed by atoms with Crippen LogP contribution < -0.4 is 0 Å². The molecule has 0 atom stereocenters. The molecule has 0 spiro atoms. The number of fused-ring (bicyclic) bond motifs is 1. The van der Waals surface area contributed by atoms with Crippen LogP contribution in [0.1, 0.15) is 26.3 Å². The maximum absolute atomic E-state index is 4.33. The van der Waals surface area contributed by atoms with Gasteiger partial charge in [-0.3, -0.25) is 4.68 Å². The van der Waals surface area contributed by atoms with Crippen molar-refractivity contribution in [2.75, 3.05) is 0 Å². The molecule has 15 heavy (non-hydrogen) atoms. The number of pyridine rings is 1. The van der Waals surface area contributed by atoms with Crippen molar-refractivity contribution in [3.63, 3.8) is 0 Å². The van der Waals surface area contributed by atoms with Gasteiger partial charge in [-0.25, -0.2) is 4.98 Å². The first-order chi connectivity index (χ1) is 6.97. The van der Waals surface area contributed by atoms with Gasteiger partial charge in [0.25, 0.3) is 0 Å². The molecular formula is C12H17N3. The first-order valence-corrected chi connectivity index (χ1v) is 5.23. The van der Waals surface area contributed by atoms with Crippen LogP contribution in [0, 0.1) is 5.41 Å². The second-order valence-electron chi connectivity index (χ2n) is 5.21. The molecule has 2 rings (SSSR count). The lowest BCUT2D eigenvalue weighted by molar-refractivity contribution is 0.412. The van der Waals surface area contributed by atoms with Crippen molar-refractivity contribution in [1.29, 1.82) is 0 Å². The maximum Gasteiger partial charge on any atom is 0.157 e. The van der Waals surface area contributed by atoms with Crippen molar-refractivity contribution >= 4 is 11.0 Å². The zero-order valence-corrected chi connectivity index (χ0v) is 9.78. The second kappa shape index (κ2) is 3.33. The number of hydrogen-bond donors (Lipinski definition) is 0. The van der Waals surface area contributed by atoms with Crippen LogP contribution in [0.4, 0.5) is 0 Å². The zero-order chi connectivity index (χ0) is 11.1. The molecule has 0 aliphatic carbocycles. The zero-order valence-electron chi connectivity index (χ0n) is 9.78. The van der Waals surface area contributed by atoms with Crippen molar-refractivity contribution in [2.24, 2.45) is 12.5 Å². The van der Waals surface area contributed by atoms with E-state index in [2.05, 4.69) is 36.9 Å². The van der Waals surface area contributed by atoms with Gasteiger partial charge in [0.05, 0.1) is 6.20 Å². The van der Waals surface area contributed by atoms with E-state index in [9.17, 15) is 0 Å². The summed E-state index contributed by atoms with van der Waals surface area (Å²) in [5.74, 6) is 0. The summed E-state index contributed by atoms with van der Waals surface area (Å²) in [6.45, 7) is 6.74. The molecule has 0 saturated heterocycles. The highest BCUT2D eigenvalue weighted by Gasteiger charge is 2.14. The Bertz CT molecular complexity index is 477. The number of rotatable bonds is 1. The quantitative estimate of drug-likeness (QED) is 0.713. The van der Waals surface area contributed by atoms with Crippen LogP contribution in [0.5, 0.6) is 0 Å². The van der Waals surface area contributed by atoms with Gasteiger partial charge in [0.15, 0.2) is 5.65 Å². The van der Waals surface area contributed by atoms with Gasteiger partial charge in [-0.05, 0) is 23.5 Å². The Morgan fingerprint density at radius 2 is 2.07 bits per heavy atom. The molecule has 0 amide bonds. The minimum atomic E-state index is 0.296. The van der Waals surface area contributed by atoms with Crippen LogP contribution in [0.15, 0.2) is 18.5 Å². The topological polar surface area (TPSA) is 30.7 Å². The highest BCUT2D eigenvalue weighted by molar-refractivity contribution is 5.78. The predicted octanol–water partition coefficient (Wildman–Crippen LogP) is 2.56. The summed E-state index contributed by atoms with van der Waals surface area (Å²) in [4.78, 5) is 4.33. The fraction of sp³-hybridized carbons (Fsp3) is 0.500. The molecule has 0 aromatic carbocycles. The van der Waals surface area contributed by atoms with Crippen LogP contribution in [0.25, 0.3) is 11.0 Å². The van der Waals surface area contributed by atoms with E-state index >= 15 is 0 Å². The van der Waals surface area contributed by atoms with E-state index in [1.54, 1.807) is 0 Å². The third-order valence-corrected chi connectivity index (χ3v) is 2.45. The van der Waals surface area contributed by atoms with E-state index in [0.29, 0.717) is 5.41 Å². The van der Waals surface area contributed by atoms with Gasteiger partial charge >= 0.3 is 0 Å². The summed E-state index contributed by atoms with van der Waals surface area (Å²) in [5.41, 5.74) is 2.60. The third-order valence-electron chi connectivity index (χ3n) is 2.45. The molecule has 0 radical (unpaired) electrons. The van der Waals surface area contributed by atoms with E-state index in [4.69, 9.17) is 0 Å². The summed E-state index contributed by atoms with van der Waals surface area (Å²) in [6, 6.07) is 2.09. The summed E-state index contributed by atoms with van der Waals surface area (Å²) in [6.07, 6.45) is 4.83. The minimum absolute atomic E-state index is 0.296. The summed E-state index contributed by atoms with van der Waals surface area (Å²) < 4.78 is 1.82. The SMILES string of the molecule is Cn1ncc2c(CC(C)(C)C)ccnc21. The Labute approximate surface area is 90.1 Å². The van der Waals surface area contributed by atoms with Gasteiger partial charge in [-0.15, -0.1) is 0 Å². The van der Waals surface area contributed by atoms with E-state index in [1.165, 1.54) is 10.9 Å². The van der Waals surface area contributed by atoms with E-state index in [-0.39, 0.29) is 0 Å². The van der Waals surface area contributed by atoms with Gasteiger partial charge in [0.1, 0.15) is 0 Å². The van der Waals surface area contributed by atoms with Gasteiger partial charge in [-0.2, -0.15) is 5.10 Å². The standard InChI is InChI=1S/C12H17N3/c1-12(2,3)7-9-5-6-13-11-10(9)8-14-15(11)4/h5-6,8H,7H2,1-4H3. The molecule has 0 bridgehead atoms. The fourth-order valence-electron chi connectivity index (χ4n) is 1.82. The van der Waals surface area contributed by atoms with Crippen LogP contribution >= 0.6 is 0 Å². The maximum atomic E-state index is 4.33. The Balaban J connectivity index is 2.52. The Morgan fingerprint density at radius 3 is 2.73 bits per heavy atom. The lowest BCUT2D eigenvalue weighted by Gasteiger charge is -2.18. The molecule has 0 N–H and O–H groups in total. The molecule has 2 heterocycles. The first kappa shape index (κ1) is 10.1. The normalized spacial score (nSPS) is 12.3. The average Bonchev–Trinajstić information content (AvgIpc) is 2.47. The Hall–Kier alpha value is -1.38. The van der Waals surface area contributed by atoms with Gasteiger partial charge < -0.3 is 0 Å². The van der Waals surface area contributed by atoms with Crippen molar-refractivity contribution in [3.8, 4) is 0 Å². The van der Waals surface area contributed by atoms with Crippen LogP contribution in [-0.2, 0) is 13.5 Å². The second-order valence-corrected chi connectivity index (χ2v) is 5.21. The molecule has 0 aliphatic rings. The average molecular weight is 203 g/mol. The lowest BCUT2D eigenvalue weighted by Crippen LogP contribution is -2.09. The molecular weight excluding hydrogens is 186 g/mol. The fourth-order valence-corrected chi connectivity index (χ4v) is 1.82. The lowest BCUT2D eigenvalue weighted by atomic mass is 9.87. The monoisotopic (exact) mass is 203 g/mol. The van der Waals surface area contributed by atoms with Gasteiger partial charge in [-0.1, -0.05) is 20.8 Å². The third kappa shape index (κ3) is 2.01. The summed E-state index contributed by atoms with van der Waals surface area (Å²) in [7, 11) is 1.93. The number of nitrogens with zero attached hydrogens (tertiary/aromatic N) is 3. The predicted molar refractivity (Wildman–Crippen MR) is 61.7 cm³/mol. The molecule has 2 aromatic rings. The van der Waals surface area contributed by atoms with Crippen molar-refractivity contribution in [3.05, 3.63) is 24.0 Å². The van der Waals surface area contributed by atoms with E-state index in [0.717, 1.165) is 12.1 Å². The molecule has 3 nitrogen and oxygen atoms in total. The minimum Gasteiger partial charge on any atom is -0.250 e. The Kier molecular flexibility index (Phi) is 2.25. The number of aryl methyl sites for hydroxylation is 1. The van der Waals surface area contributed by atoms with Crippen LogP contribution in [-0.4, -0.2) is 14.8 Å². The molecule has 0 fully saturated rings. The molecule has 0 unspecified atom stereocenters. The first-order valence-electron chi connectivity index (χ1n) is 5.23. The van der Waals surface area contributed by atoms with Gasteiger partial charge in [0.2, 0.25) is 0 Å². The van der Waals surface area contributed by atoms with Crippen molar-refractivity contribution in [2.45, 2.75) is 27.2 Å². The largest absolute Gasteiger partial charge is 0.250 e. The molecule has 0 saturated carbocycles. The molecule has 2 aromatic heterocycles. The molecule has 0 aliphatic heterocycles. The van der Waals surface area contributed by atoms with Crippen molar-refractivity contribution in [1.82, 2.24) is 14.8 Å². The smallest absolute Gasteiger partial charge is 0.157 e. The summed E-state index contributed by atoms with van der Waals surface area (Å²) >= 11 is 0. The number of aromatic nitrogens is 3. The van der Waals surface area contributed by atoms with Crippen LogP contribution in [0.3, 0.4) is 0 Å². The highest BCUT2D eigenvalue weighted by Crippen LogP contribution is 2.25. The number of hydrogen-bond acceptors (Lipinski definition) is 2. The summed E-state index contributed by atoms with van der Waals surface area (Å²) in [5, 5.41) is 5.42. The van der Waals surface area contributed by atoms with E-state index < -0.39 is 0 Å². The van der Waals surface area contributed by atoms with E-state index in [1.807, 2.05) is 24.1 Å². The van der Waals surface area contributed by atoms with Crippen LogP contribution in [0.2, 0.25) is 0 Å².